The van der Waals surface area contributed by atoms with Crippen molar-refractivity contribution in [2.45, 2.75) is 0 Å². The molecule has 0 N–H and O–H groups in total. The fourth-order valence-corrected chi connectivity index (χ4v) is 8.74. The molecule has 0 aliphatic heterocycles. The average Bonchev–Trinajstić information content (AvgIpc) is 3.72. The third-order valence-corrected chi connectivity index (χ3v) is 10.9. The average molecular weight is 650 g/mol. The Labute approximate surface area is 292 Å². The largest absolute Gasteiger partial charge is 0.456 e. The number of fused-ring (bicyclic) bond motifs is 4. The topological polar surface area (TPSA) is 29.5 Å². The van der Waals surface area contributed by atoms with Crippen LogP contribution in [0, 0.1) is 0 Å². The van der Waals surface area contributed by atoms with E-state index < -0.39 is 0 Å². The lowest BCUT2D eigenvalue weighted by Gasteiger charge is -2.27. The normalized spacial score (nSPS) is 12.3. The zero-order valence-corrected chi connectivity index (χ0v) is 27.4. The van der Waals surface area contributed by atoms with Gasteiger partial charge >= 0.3 is 0 Å². The van der Waals surface area contributed by atoms with Gasteiger partial charge in [-0.05, 0) is 74.8 Å². The molecule has 11 aromatic rings. The van der Waals surface area contributed by atoms with Gasteiger partial charge in [-0.2, -0.15) is 0 Å². The van der Waals surface area contributed by atoms with Crippen molar-refractivity contribution >= 4 is 93.3 Å². The number of para-hydroxylation sites is 1. The van der Waals surface area contributed by atoms with Crippen molar-refractivity contribution in [1.82, 2.24) is 0 Å². The molecule has 3 nitrogen and oxygen atoms in total. The molecule has 0 unspecified atom stereocenters. The van der Waals surface area contributed by atoms with E-state index in [1.54, 1.807) is 0 Å². The number of benzene rings is 9. The highest BCUT2D eigenvalue weighted by molar-refractivity contribution is 6.38. The summed E-state index contributed by atoms with van der Waals surface area (Å²) in [4.78, 5) is 2.36. The number of hydrogen-bond acceptors (Lipinski definition) is 3. The van der Waals surface area contributed by atoms with Gasteiger partial charge in [0.2, 0.25) is 0 Å². The maximum atomic E-state index is 6.84. The van der Waals surface area contributed by atoms with E-state index in [9.17, 15) is 0 Å². The van der Waals surface area contributed by atoms with E-state index in [4.69, 9.17) is 8.83 Å². The molecule has 0 amide bonds. The third-order valence-electron chi connectivity index (χ3n) is 10.9. The molecular weight excluding hydrogens is 623 g/mol. The minimum absolute atomic E-state index is 0.858. The Morgan fingerprint density at radius 3 is 1.86 bits per heavy atom. The van der Waals surface area contributed by atoms with Gasteiger partial charge in [0.1, 0.15) is 22.3 Å². The number of hydrogen-bond donors (Lipinski definition) is 0. The molecule has 1 aliphatic carbocycles. The fraction of sp³-hybridized carbons (Fsp3) is 0. The van der Waals surface area contributed by atoms with E-state index in [1.165, 1.54) is 65.3 Å². The Kier molecular flexibility index (Phi) is 5.23. The molecule has 0 saturated heterocycles. The van der Waals surface area contributed by atoms with Crippen molar-refractivity contribution in [3.05, 3.63) is 164 Å². The second kappa shape index (κ2) is 9.87. The number of rotatable bonds is 4. The molecular formula is C48H27NO2. The van der Waals surface area contributed by atoms with Crippen molar-refractivity contribution in [2.75, 3.05) is 4.90 Å². The summed E-state index contributed by atoms with van der Waals surface area (Å²) in [6.07, 6.45) is 0. The van der Waals surface area contributed by atoms with Crippen molar-refractivity contribution in [2.24, 2.45) is 0 Å². The van der Waals surface area contributed by atoms with Crippen molar-refractivity contribution in [1.29, 1.82) is 0 Å². The molecule has 0 spiro atoms. The van der Waals surface area contributed by atoms with E-state index in [0.717, 1.165) is 50.2 Å². The van der Waals surface area contributed by atoms with Crippen molar-refractivity contribution < 1.29 is 8.83 Å². The Hall–Kier alpha value is -6.84. The second-order valence-corrected chi connectivity index (χ2v) is 13.6. The summed E-state index contributed by atoms with van der Waals surface area (Å²) in [7, 11) is 0. The van der Waals surface area contributed by atoms with E-state index in [2.05, 4.69) is 157 Å². The maximum Gasteiger partial charge on any atom is 0.138 e. The van der Waals surface area contributed by atoms with Gasteiger partial charge in [-0.25, -0.2) is 0 Å². The van der Waals surface area contributed by atoms with Crippen LogP contribution in [-0.2, 0) is 0 Å². The summed E-state index contributed by atoms with van der Waals surface area (Å²) in [5.74, 6) is 0. The van der Waals surface area contributed by atoms with Crippen LogP contribution < -0.4 is 4.90 Å². The predicted octanol–water partition coefficient (Wildman–Crippen LogP) is 14.1. The smallest absolute Gasteiger partial charge is 0.138 e. The van der Waals surface area contributed by atoms with Crippen LogP contribution in [0.1, 0.15) is 0 Å². The number of anilines is 3. The highest BCUT2D eigenvalue weighted by atomic mass is 16.3. The van der Waals surface area contributed by atoms with E-state index in [1.807, 2.05) is 12.1 Å². The molecule has 0 fully saturated rings. The third kappa shape index (κ3) is 3.67. The van der Waals surface area contributed by atoms with Gasteiger partial charge in [0.05, 0.1) is 5.69 Å². The number of furan rings is 2. The van der Waals surface area contributed by atoms with Gasteiger partial charge in [-0.15, -0.1) is 0 Å². The van der Waals surface area contributed by atoms with Gasteiger partial charge in [-0.3, -0.25) is 0 Å². The molecule has 1 aliphatic rings. The fourth-order valence-electron chi connectivity index (χ4n) is 8.74. The van der Waals surface area contributed by atoms with Gasteiger partial charge in [0.15, 0.2) is 0 Å². The number of nitrogens with zero attached hydrogens (tertiary/aromatic N) is 1. The predicted molar refractivity (Wildman–Crippen MR) is 213 cm³/mol. The lowest BCUT2D eigenvalue weighted by atomic mass is 9.92. The van der Waals surface area contributed by atoms with Crippen LogP contribution >= 0.6 is 0 Å². The monoisotopic (exact) mass is 649 g/mol. The zero-order chi connectivity index (χ0) is 33.2. The SMILES string of the molecule is c1ccc(-c2ccc(N(c3ccc4c(c3)oc3ccccc34)c3cc4oc5ccc6ccc7cccc8c7c6c5c4c4c-8cccc34)cc2)cc1. The molecule has 0 saturated carbocycles. The minimum Gasteiger partial charge on any atom is -0.456 e. The Balaban J connectivity index is 1.19. The standard InChI is InChI=1S/C48H27NO2/c1-2-8-28(9-3-1)29-18-21-32(22-19-29)49(33-23-24-35-34-11-4-5-15-40(34)50-42(35)26-33)39-27-43-48-46-37(13-7-14-38(39)46)36-12-6-10-30-16-17-31-20-25-41(51-43)47(48)45(31)44(30)36/h1-27H. The van der Waals surface area contributed by atoms with Crippen molar-refractivity contribution in [3.8, 4) is 22.3 Å². The van der Waals surface area contributed by atoms with E-state index in [0.29, 0.717) is 0 Å². The summed E-state index contributed by atoms with van der Waals surface area (Å²) in [6, 6.07) is 58.8. The summed E-state index contributed by atoms with van der Waals surface area (Å²) >= 11 is 0. The van der Waals surface area contributed by atoms with E-state index in [-0.39, 0.29) is 0 Å². The Bertz CT molecular complexity index is 3240. The first-order valence-corrected chi connectivity index (χ1v) is 17.4. The van der Waals surface area contributed by atoms with Gasteiger partial charge < -0.3 is 13.7 Å². The minimum atomic E-state index is 0.858. The summed E-state index contributed by atoms with van der Waals surface area (Å²) in [5, 5.41) is 12.0. The first-order valence-electron chi connectivity index (χ1n) is 17.4. The van der Waals surface area contributed by atoms with Crippen LogP contribution in [0.4, 0.5) is 17.1 Å². The van der Waals surface area contributed by atoms with Crippen LogP contribution in [0.3, 0.4) is 0 Å². The van der Waals surface area contributed by atoms with Crippen LogP contribution in [-0.4, -0.2) is 0 Å². The molecule has 2 aromatic heterocycles. The van der Waals surface area contributed by atoms with Gasteiger partial charge in [0.25, 0.3) is 0 Å². The molecule has 2 heterocycles. The van der Waals surface area contributed by atoms with E-state index >= 15 is 0 Å². The molecule has 0 atom stereocenters. The molecule has 9 aromatic carbocycles. The van der Waals surface area contributed by atoms with Crippen molar-refractivity contribution in [3.63, 3.8) is 0 Å². The lowest BCUT2D eigenvalue weighted by Crippen LogP contribution is -2.10. The Morgan fingerprint density at radius 2 is 0.980 bits per heavy atom. The quantitative estimate of drug-likeness (QED) is 0.178. The van der Waals surface area contributed by atoms with Crippen LogP contribution in [0.5, 0.6) is 0 Å². The second-order valence-electron chi connectivity index (χ2n) is 13.6. The van der Waals surface area contributed by atoms with Crippen LogP contribution in [0.2, 0.25) is 0 Å². The molecule has 3 heteroatoms. The zero-order valence-electron chi connectivity index (χ0n) is 27.4. The molecule has 12 rings (SSSR count). The Morgan fingerprint density at radius 1 is 0.333 bits per heavy atom. The highest BCUT2D eigenvalue weighted by Gasteiger charge is 2.27. The summed E-state index contributed by atoms with van der Waals surface area (Å²) in [6.45, 7) is 0. The van der Waals surface area contributed by atoms with Gasteiger partial charge in [-0.1, -0.05) is 115 Å². The molecule has 236 valence electrons. The molecule has 0 radical (unpaired) electrons. The highest BCUT2D eigenvalue weighted by Crippen LogP contribution is 2.52. The summed E-state index contributed by atoms with van der Waals surface area (Å²) < 4.78 is 13.3. The molecule has 51 heavy (non-hydrogen) atoms. The first-order chi connectivity index (χ1) is 25.3. The van der Waals surface area contributed by atoms with Crippen LogP contribution in [0.15, 0.2) is 173 Å². The maximum absolute atomic E-state index is 6.84. The summed E-state index contributed by atoms with van der Waals surface area (Å²) in [5.41, 5.74) is 11.5. The lowest BCUT2D eigenvalue weighted by molar-refractivity contribution is 0.669. The van der Waals surface area contributed by atoms with Gasteiger partial charge in [0, 0.05) is 61.2 Å². The molecule has 0 bridgehead atoms. The van der Waals surface area contributed by atoms with Crippen LogP contribution in [0.25, 0.3) is 98.4 Å². The first kappa shape index (κ1) is 27.0.